The number of carbonyl (C=O) groups excluding carboxylic acids is 1. The van der Waals surface area contributed by atoms with Crippen molar-refractivity contribution in [2.24, 2.45) is 11.3 Å². The second kappa shape index (κ2) is 6.88. The highest BCUT2D eigenvalue weighted by Crippen LogP contribution is 2.39. The van der Waals surface area contributed by atoms with Crippen molar-refractivity contribution in [3.05, 3.63) is 0 Å². The molecule has 1 atom stereocenters. The second-order valence-electron chi connectivity index (χ2n) is 7.07. The third-order valence-corrected chi connectivity index (χ3v) is 5.41. The van der Waals surface area contributed by atoms with E-state index < -0.39 is 0 Å². The fourth-order valence-corrected chi connectivity index (χ4v) is 3.98. The quantitative estimate of drug-likeness (QED) is 0.699. The average Bonchev–Trinajstić information content (AvgIpc) is 2.44. The molecule has 1 saturated heterocycles. The number of carbonyl (C=O) groups is 1. The van der Waals surface area contributed by atoms with Crippen LogP contribution in [0.25, 0.3) is 0 Å². The van der Waals surface area contributed by atoms with Crippen LogP contribution in [0.15, 0.2) is 0 Å². The van der Waals surface area contributed by atoms with Crippen LogP contribution in [0, 0.1) is 11.3 Å². The first kappa shape index (κ1) is 15.0. The smallest absolute Gasteiger partial charge is 0.127 e. The molecule has 0 aromatic rings. The van der Waals surface area contributed by atoms with Gasteiger partial charge < -0.3 is 4.79 Å². The number of piperidine rings is 1. The van der Waals surface area contributed by atoms with Gasteiger partial charge in [0.2, 0.25) is 0 Å². The van der Waals surface area contributed by atoms with Gasteiger partial charge in [0.05, 0.1) is 0 Å². The van der Waals surface area contributed by atoms with Gasteiger partial charge in [-0.25, -0.2) is 0 Å². The summed E-state index contributed by atoms with van der Waals surface area (Å²) in [5.74, 6) is 0.820. The van der Waals surface area contributed by atoms with Crippen LogP contribution in [-0.2, 0) is 4.79 Å². The highest BCUT2D eigenvalue weighted by Gasteiger charge is 2.37. The van der Waals surface area contributed by atoms with E-state index in [9.17, 15) is 4.79 Å². The van der Waals surface area contributed by atoms with E-state index in [2.05, 4.69) is 18.7 Å². The van der Waals surface area contributed by atoms with Gasteiger partial charge in [-0.1, -0.05) is 26.7 Å². The maximum Gasteiger partial charge on any atom is 0.127 e. The zero-order chi connectivity index (χ0) is 13.7. The maximum absolute atomic E-state index is 11.7. The summed E-state index contributed by atoms with van der Waals surface area (Å²) in [7, 11) is 0. The van der Waals surface area contributed by atoms with E-state index in [0.717, 1.165) is 31.3 Å². The van der Waals surface area contributed by atoms with E-state index in [-0.39, 0.29) is 5.41 Å². The van der Waals surface area contributed by atoms with Crippen molar-refractivity contribution in [2.75, 3.05) is 13.1 Å². The molecule has 0 N–H and O–H groups in total. The summed E-state index contributed by atoms with van der Waals surface area (Å²) in [4.78, 5) is 14.4. The zero-order valence-corrected chi connectivity index (χ0v) is 12.9. The van der Waals surface area contributed by atoms with Crippen molar-refractivity contribution in [3.8, 4) is 0 Å². The van der Waals surface area contributed by atoms with Crippen molar-refractivity contribution >= 4 is 6.29 Å². The van der Waals surface area contributed by atoms with Gasteiger partial charge in [-0.15, -0.1) is 0 Å². The summed E-state index contributed by atoms with van der Waals surface area (Å²) >= 11 is 0. The monoisotopic (exact) mass is 265 g/mol. The highest BCUT2D eigenvalue weighted by molar-refractivity contribution is 5.60. The van der Waals surface area contributed by atoms with Crippen LogP contribution in [0.2, 0.25) is 0 Å². The lowest BCUT2D eigenvalue weighted by Gasteiger charge is -2.43. The average molecular weight is 265 g/mol. The molecule has 0 amide bonds. The van der Waals surface area contributed by atoms with Crippen molar-refractivity contribution in [3.63, 3.8) is 0 Å². The predicted octanol–water partition coefficient (Wildman–Crippen LogP) is 4.04. The number of rotatable bonds is 5. The molecule has 1 unspecified atom stereocenters. The molecule has 0 aromatic carbocycles. The van der Waals surface area contributed by atoms with Crippen LogP contribution in [0.4, 0.5) is 0 Å². The van der Waals surface area contributed by atoms with E-state index >= 15 is 0 Å². The second-order valence-corrected chi connectivity index (χ2v) is 7.07. The first-order valence-corrected chi connectivity index (χ1v) is 8.39. The molecule has 2 fully saturated rings. The minimum atomic E-state index is -0.0180. The minimum Gasteiger partial charge on any atom is -0.303 e. The fraction of sp³-hybridized carbons (Fsp3) is 0.941. The fourth-order valence-electron chi connectivity index (χ4n) is 3.98. The number of aldehydes is 1. The SMILES string of the molecule is CCCC1CCCCN1CC1(C=O)CCC(C)CC1. The molecule has 2 heteroatoms. The highest BCUT2D eigenvalue weighted by atomic mass is 16.1. The Bertz CT molecular complexity index is 279. The van der Waals surface area contributed by atoms with Crippen LogP contribution in [0.1, 0.15) is 71.6 Å². The zero-order valence-electron chi connectivity index (χ0n) is 12.9. The Morgan fingerprint density at radius 2 is 1.95 bits per heavy atom. The van der Waals surface area contributed by atoms with Gasteiger partial charge in [-0.3, -0.25) is 4.90 Å². The minimum absolute atomic E-state index is 0.0180. The van der Waals surface area contributed by atoms with E-state index in [4.69, 9.17) is 0 Å². The van der Waals surface area contributed by atoms with E-state index in [1.54, 1.807) is 0 Å². The Labute approximate surface area is 118 Å². The van der Waals surface area contributed by atoms with Crippen LogP contribution in [-0.4, -0.2) is 30.3 Å². The Morgan fingerprint density at radius 1 is 1.21 bits per heavy atom. The lowest BCUT2D eigenvalue weighted by atomic mass is 9.71. The molecule has 2 rings (SSSR count). The van der Waals surface area contributed by atoms with Gasteiger partial charge in [-0.05, 0) is 57.4 Å². The molecule has 2 nitrogen and oxygen atoms in total. The summed E-state index contributed by atoms with van der Waals surface area (Å²) in [5.41, 5.74) is -0.0180. The number of hydrogen-bond donors (Lipinski definition) is 0. The number of nitrogens with zero attached hydrogens (tertiary/aromatic N) is 1. The molecule has 19 heavy (non-hydrogen) atoms. The van der Waals surface area contributed by atoms with Crippen molar-refractivity contribution in [1.29, 1.82) is 0 Å². The summed E-state index contributed by atoms with van der Waals surface area (Å²) in [6, 6.07) is 0.745. The molecule has 2 aliphatic rings. The standard InChI is InChI=1S/C17H31NO/c1-3-6-16-7-4-5-12-18(16)13-17(14-19)10-8-15(2)9-11-17/h14-16H,3-13H2,1-2H3. The Kier molecular flexibility index (Phi) is 5.44. The third-order valence-electron chi connectivity index (χ3n) is 5.41. The summed E-state index contributed by atoms with van der Waals surface area (Å²) in [6.07, 6.45) is 12.7. The van der Waals surface area contributed by atoms with Crippen LogP contribution < -0.4 is 0 Å². The molecule has 1 aliphatic carbocycles. The Morgan fingerprint density at radius 3 is 2.58 bits per heavy atom. The maximum atomic E-state index is 11.7. The lowest BCUT2D eigenvalue weighted by molar-refractivity contribution is -0.120. The largest absolute Gasteiger partial charge is 0.303 e. The van der Waals surface area contributed by atoms with Gasteiger partial charge in [0, 0.05) is 18.0 Å². The van der Waals surface area contributed by atoms with E-state index in [0.29, 0.717) is 0 Å². The molecule has 1 aliphatic heterocycles. The normalized spacial score (nSPS) is 37.2. The molecule has 0 radical (unpaired) electrons. The van der Waals surface area contributed by atoms with Gasteiger partial charge in [-0.2, -0.15) is 0 Å². The van der Waals surface area contributed by atoms with Crippen molar-refractivity contribution in [1.82, 2.24) is 4.90 Å². The third kappa shape index (κ3) is 3.81. The van der Waals surface area contributed by atoms with Crippen LogP contribution >= 0.6 is 0 Å². The van der Waals surface area contributed by atoms with Crippen LogP contribution in [0.5, 0.6) is 0 Å². The van der Waals surface area contributed by atoms with Crippen LogP contribution in [0.3, 0.4) is 0 Å². The van der Waals surface area contributed by atoms with Gasteiger partial charge >= 0.3 is 0 Å². The first-order valence-electron chi connectivity index (χ1n) is 8.39. The molecular weight excluding hydrogens is 234 g/mol. The topological polar surface area (TPSA) is 20.3 Å². The van der Waals surface area contributed by atoms with Gasteiger partial charge in [0.25, 0.3) is 0 Å². The van der Waals surface area contributed by atoms with E-state index in [1.165, 1.54) is 57.8 Å². The first-order chi connectivity index (χ1) is 9.19. The lowest BCUT2D eigenvalue weighted by Crippen LogP contribution is -2.47. The number of hydrogen-bond acceptors (Lipinski definition) is 2. The van der Waals surface area contributed by atoms with Crippen molar-refractivity contribution in [2.45, 2.75) is 77.7 Å². The van der Waals surface area contributed by atoms with Crippen molar-refractivity contribution < 1.29 is 4.79 Å². The molecule has 110 valence electrons. The molecule has 1 heterocycles. The molecular formula is C17H31NO. The van der Waals surface area contributed by atoms with E-state index in [1.807, 2.05) is 0 Å². The predicted molar refractivity (Wildman–Crippen MR) is 80.2 cm³/mol. The summed E-state index contributed by atoms with van der Waals surface area (Å²) < 4.78 is 0. The van der Waals surface area contributed by atoms with Gasteiger partial charge in [0.1, 0.15) is 6.29 Å². The summed E-state index contributed by atoms with van der Waals surface area (Å²) in [5, 5.41) is 0. The molecule has 0 spiro atoms. The Balaban J connectivity index is 1.97. The molecule has 0 aromatic heterocycles. The molecule has 1 saturated carbocycles. The Hall–Kier alpha value is -0.370. The van der Waals surface area contributed by atoms with Gasteiger partial charge in [0.15, 0.2) is 0 Å². The summed E-state index contributed by atoms with van der Waals surface area (Å²) in [6.45, 7) is 6.86. The number of likely N-dealkylation sites (tertiary alicyclic amines) is 1. The molecule has 0 bridgehead atoms.